The molecule has 16 heavy (non-hydrogen) atoms. The van der Waals surface area contributed by atoms with Gasteiger partial charge in [0, 0.05) is 24.1 Å². The van der Waals surface area contributed by atoms with Crippen LogP contribution in [0.25, 0.3) is 0 Å². The molecule has 0 amide bonds. The van der Waals surface area contributed by atoms with Crippen LogP contribution in [0.5, 0.6) is 0 Å². The molecule has 0 radical (unpaired) electrons. The predicted molar refractivity (Wildman–Crippen MR) is 68.9 cm³/mol. The first-order valence-electron chi connectivity index (χ1n) is 6.24. The fourth-order valence-electron chi connectivity index (χ4n) is 2.21. The summed E-state index contributed by atoms with van der Waals surface area (Å²) in [6.07, 6.45) is 3.65. The quantitative estimate of drug-likeness (QED) is 0.823. The minimum atomic E-state index is 0.534. The Morgan fingerprint density at radius 2 is 2.56 bits per heavy atom. The molecule has 1 aliphatic rings. The summed E-state index contributed by atoms with van der Waals surface area (Å²) in [4.78, 5) is 1.47. The van der Waals surface area contributed by atoms with Crippen molar-refractivity contribution in [1.29, 1.82) is 0 Å². The molecule has 2 heterocycles. The van der Waals surface area contributed by atoms with Crippen LogP contribution in [-0.4, -0.2) is 19.8 Å². The molecule has 1 aromatic heterocycles. The van der Waals surface area contributed by atoms with Gasteiger partial charge in [0.1, 0.15) is 0 Å². The van der Waals surface area contributed by atoms with Crippen molar-refractivity contribution in [3.8, 4) is 0 Å². The highest BCUT2D eigenvalue weighted by molar-refractivity contribution is 7.10. The van der Waals surface area contributed by atoms with Crippen molar-refractivity contribution in [2.24, 2.45) is 5.92 Å². The third-order valence-corrected chi connectivity index (χ3v) is 4.11. The van der Waals surface area contributed by atoms with Crippen molar-refractivity contribution in [2.75, 3.05) is 19.8 Å². The summed E-state index contributed by atoms with van der Waals surface area (Å²) in [7, 11) is 0. The molecule has 0 spiro atoms. The average Bonchev–Trinajstić information content (AvgIpc) is 2.96. The highest BCUT2D eigenvalue weighted by Crippen LogP contribution is 2.28. The van der Waals surface area contributed by atoms with Gasteiger partial charge in [0.05, 0.1) is 0 Å². The first-order chi connectivity index (χ1) is 7.90. The molecule has 2 unspecified atom stereocenters. The molecule has 1 saturated heterocycles. The van der Waals surface area contributed by atoms with E-state index in [0.717, 1.165) is 25.7 Å². The lowest BCUT2D eigenvalue weighted by molar-refractivity contribution is 0.181. The maximum Gasteiger partial charge on any atom is 0.0495 e. The van der Waals surface area contributed by atoms with Gasteiger partial charge in [-0.1, -0.05) is 13.0 Å². The average molecular weight is 239 g/mol. The van der Waals surface area contributed by atoms with Crippen LogP contribution >= 0.6 is 11.3 Å². The summed E-state index contributed by atoms with van der Waals surface area (Å²) in [5.74, 6) is 0.747. The fourth-order valence-corrected chi connectivity index (χ4v) is 3.03. The Morgan fingerprint density at radius 3 is 3.19 bits per heavy atom. The van der Waals surface area contributed by atoms with Crippen molar-refractivity contribution in [3.05, 3.63) is 22.4 Å². The monoisotopic (exact) mass is 239 g/mol. The Bertz CT molecular complexity index is 280. The predicted octanol–water partition coefficient (Wildman–Crippen LogP) is 3.22. The topological polar surface area (TPSA) is 21.3 Å². The molecule has 0 saturated carbocycles. The zero-order valence-corrected chi connectivity index (χ0v) is 10.8. The molecule has 90 valence electrons. The lowest BCUT2D eigenvalue weighted by Crippen LogP contribution is -2.24. The van der Waals surface area contributed by atoms with Crippen LogP contribution in [0.4, 0.5) is 0 Å². The van der Waals surface area contributed by atoms with E-state index in [-0.39, 0.29) is 0 Å². The zero-order valence-electron chi connectivity index (χ0n) is 9.95. The molecule has 2 atom stereocenters. The van der Waals surface area contributed by atoms with E-state index in [9.17, 15) is 0 Å². The number of nitrogens with one attached hydrogen (secondary N) is 1. The van der Waals surface area contributed by atoms with Crippen LogP contribution in [0.2, 0.25) is 0 Å². The third-order valence-electron chi connectivity index (χ3n) is 3.12. The summed E-state index contributed by atoms with van der Waals surface area (Å²) in [6, 6.07) is 4.92. The third kappa shape index (κ3) is 3.30. The van der Waals surface area contributed by atoms with Gasteiger partial charge in [-0.2, -0.15) is 0 Å². The molecule has 2 rings (SSSR count). The van der Waals surface area contributed by atoms with E-state index in [1.807, 2.05) is 11.3 Å². The van der Waals surface area contributed by atoms with Gasteiger partial charge in [-0.25, -0.2) is 0 Å². The van der Waals surface area contributed by atoms with Crippen LogP contribution in [0.1, 0.15) is 37.1 Å². The fraction of sp³-hybridized carbons (Fsp3) is 0.692. The molecular formula is C13H21NOS. The SMILES string of the molecule is CCCNC(CC1CCOC1)c1cccs1. The van der Waals surface area contributed by atoms with Gasteiger partial charge >= 0.3 is 0 Å². The van der Waals surface area contributed by atoms with Crippen LogP contribution in [0.15, 0.2) is 17.5 Å². The summed E-state index contributed by atoms with van der Waals surface area (Å²) < 4.78 is 5.46. The molecule has 2 nitrogen and oxygen atoms in total. The number of thiophene rings is 1. The Labute approximate surface area is 102 Å². The van der Waals surface area contributed by atoms with Gasteiger partial charge in [-0.05, 0) is 43.2 Å². The molecule has 0 aromatic carbocycles. The highest BCUT2D eigenvalue weighted by Gasteiger charge is 2.21. The van der Waals surface area contributed by atoms with Crippen molar-refractivity contribution in [2.45, 2.75) is 32.2 Å². The second kappa shape index (κ2) is 6.38. The van der Waals surface area contributed by atoms with Crippen molar-refractivity contribution in [3.63, 3.8) is 0 Å². The van der Waals surface area contributed by atoms with Crippen LogP contribution in [0, 0.1) is 5.92 Å². The van der Waals surface area contributed by atoms with Gasteiger partial charge in [-0.15, -0.1) is 11.3 Å². The molecule has 1 aliphatic heterocycles. The van der Waals surface area contributed by atoms with E-state index in [1.165, 1.54) is 24.1 Å². The summed E-state index contributed by atoms with van der Waals surface area (Å²) in [5.41, 5.74) is 0. The Morgan fingerprint density at radius 1 is 1.62 bits per heavy atom. The van der Waals surface area contributed by atoms with Gasteiger partial charge < -0.3 is 10.1 Å². The zero-order chi connectivity index (χ0) is 11.2. The molecule has 0 bridgehead atoms. The first kappa shape index (κ1) is 12.1. The normalized spacial score (nSPS) is 22.4. The van der Waals surface area contributed by atoms with Gasteiger partial charge in [0.25, 0.3) is 0 Å². The highest BCUT2D eigenvalue weighted by atomic mass is 32.1. The molecule has 1 aromatic rings. The van der Waals surface area contributed by atoms with E-state index in [4.69, 9.17) is 4.74 Å². The van der Waals surface area contributed by atoms with Crippen molar-refractivity contribution in [1.82, 2.24) is 5.32 Å². The van der Waals surface area contributed by atoms with E-state index in [1.54, 1.807) is 0 Å². The minimum Gasteiger partial charge on any atom is -0.381 e. The summed E-state index contributed by atoms with van der Waals surface area (Å²) >= 11 is 1.86. The van der Waals surface area contributed by atoms with Crippen LogP contribution in [-0.2, 0) is 4.74 Å². The lowest BCUT2D eigenvalue weighted by atomic mass is 9.98. The molecule has 1 N–H and O–H groups in total. The Balaban J connectivity index is 1.91. The van der Waals surface area contributed by atoms with E-state index >= 15 is 0 Å². The van der Waals surface area contributed by atoms with Crippen molar-refractivity contribution >= 4 is 11.3 Å². The Hall–Kier alpha value is -0.380. The van der Waals surface area contributed by atoms with E-state index in [0.29, 0.717) is 6.04 Å². The molecular weight excluding hydrogens is 218 g/mol. The summed E-state index contributed by atoms with van der Waals surface area (Å²) in [5, 5.41) is 5.82. The number of hydrogen-bond donors (Lipinski definition) is 1. The lowest BCUT2D eigenvalue weighted by Gasteiger charge is -2.20. The number of rotatable bonds is 6. The largest absolute Gasteiger partial charge is 0.381 e. The standard InChI is InChI=1S/C13H21NOS/c1-2-6-14-12(13-4-3-8-16-13)9-11-5-7-15-10-11/h3-4,8,11-12,14H,2,5-7,9-10H2,1H3. The molecule has 1 fully saturated rings. The van der Waals surface area contributed by atoms with E-state index < -0.39 is 0 Å². The maximum atomic E-state index is 5.46. The van der Waals surface area contributed by atoms with Gasteiger partial charge in [0.2, 0.25) is 0 Å². The second-order valence-electron chi connectivity index (χ2n) is 4.49. The number of ether oxygens (including phenoxy) is 1. The first-order valence-corrected chi connectivity index (χ1v) is 7.12. The number of hydrogen-bond acceptors (Lipinski definition) is 3. The molecule has 0 aliphatic carbocycles. The van der Waals surface area contributed by atoms with Crippen LogP contribution < -0.4 is 5.32 Å². The van der Waals surface area contributed by atoms with Crippen LogP contribution in [0.3, 0.4) is 0 Å². The van der Waals surface area contributed by atoms with E-state index in [2.05, 4.69) is 29.8 Å². The minimum absolute atomic E-state index is 0.534. The molecule has 3 heteroatoms. The maximum absolute atomic E-state index is 5.46. The van der Waals surface area contributed by atoms with Crippen molar-refractivity contribution < 1.29 is 4.74 Å². The van der Waals surface area contributed by atoms with Gasteiger partial charge in [0.15, 0.2) is 0 Å². The summed E-state index contributed by atoms with van der Waals surface area (Å²) in [6.45, 7) is 5.23. The Kier molecular flexibility index (Phi) is 4.82. The smallest absolute Gasteiger partial charge is 0.0495 e. The second-order valence-corrected chi connectivity index (χ2v) is 5.47. The van der Waals surface area contributed by atoms with Gasteiger partial charge in [-0.3, -0.25) is 0 Å².